The van der Waals surface area contributed by atoms with Gasteiger partial charge in [0.2, 0.25) is 0 Å². The number of amides is 1. The third-order valence-corrected chi connectivity index (χ3v) is 1.91. The van der Waals surface area contributed by atoms with Crippen LogP contribution in [-0.2, 0) is 9.47 Å². The van der Waals surface area contributed by atoms with Crippen molar-refractivity contribution < 1.29 is 18.7 Å². The summed E-state index contributed by atoms with van der Waals surface area (Å²) in [7, 11) is 1.56. The lowest BCUT2D eigenvalue weighted by molar-refractivity contribution is 0.0456. The molecular weight excluding hydrogens is 222 g/mol. The summed E-state index contributed by atoms with van der Waals surface area (Å²) in [6.45, 7) is 5.76. The van der Waals surface area contributed by atoms with Gasteiger partial charge in [0.25, 0.3) is 0 Å². The van der Waals surface area contributed by atoms with Crippen molar-refractivity contribution in [3.63, 3.8) is 0 Å². The maximum Gasteiger partial charge on any atom is 0.408 e. The Morgan fingerprint density at radius 3 is 2.71 bits per heavy atom. The van der Waals surface area contributed by atoms with Crippen LogP contribution in [0.15, 0.2) is 22.8 Å². The molecule has 0 aliphatic carbocycles. The number of carbonyl (C=O) groups is 1. The lowest BCUT2D eigenvalue weighted by Gasteiger charge is -2.22. The average Bonchev–Trinajstić information content (AvgIpc) is 2.66. The third-order valence-electron chi connectivity index (χ3n) is 1.91. The maximum absolute atomic E-state index is 11.6. The molecule has 5 heteroatoms. The Labute approximate surface area is 101 Å². The molecule has 1 aromatic heterocycles. The van der Waals surface area contributed by atoms with Crippen LogP contribution in [0.4, 0.5) is 4.79 Å². The molecule has 1 N–H and O–H groups in total. The molecule has 1 atom stereocenters. The SMILES string of the molecule is COCC(NC(=O)OC(C)(C)C)c1ccco1. The first kappa shape index (κ1) is 13.6. The van der Waals surface area contributed by atoms with Crippen molar-refractivity contribution in [2.75, 3.05) is 13.7 Å². The fraction of sp³-hybridized carbons (Fsp3) is 0.583. The van der Waals surface area contributed by atoms with Crippen molar-refractivity contribution in [3.8, 4) is 0 Å². The highest BCUT2D eigenvalue weighted by molar-refractivity contribution is 5.68. The van der Waals surface area contributed by atoms with Gasteiger partial charge in [-0.3, -0.25) is 0 Å². The topological polar surface area (TPSA) is 60.7 Å². The zero-order valence-electron chi connectivity index (χ0n) is 10.6. The quantitative estimate of drug-likeness (QED) is 0.879. The Hall–Kier alpha value is -1.49. The number of hydrogen-bond acceptors (Lipinski definition) is 4. The molecule has 1 aromatic rings. The van der Waals surface area contributed by atoms with Crippen molar-refractivity contribution in [1.29, 1.82) is 0 Å². The molecule has 17 heavy (non-hydrogen) atoms. The van der Waals surface area contributed by atoms with E-state index in [1.165, 1.54) is 0 Å². The molecule has 0 fully saturated rings. The molecule has 0 aliphatic heterocycles. The fourth-order valence-electron chi connectivity index (χ4n) is 1.30. The molecule has 5 nitrogen and oxygen atoms in total. The van der Waals surface area contributed by atoms with Crippen LogP contribution < -0.4 is 5.32 Å². The summed E-state index contributed by atoms with van der Waals surface area (Å²) in [6.07, 6.45) is 1.06. The predicted octanol–water partition coefficient (Wildman–Crippen LogP) is 2.49. The number of rotatable bonds is 4. The lowest BCUT2D eigenvalue weighted by atomic mass is 10.2. The lowest BCUT2D eigenvalue weighted by Crippen LogP contribution is -2.36. The normalized spacial score (nSPS) is 13.2. The average molecular weight is 241 g/mol. The first-order chi connectivity index (χ1) is 7.92. The highest BCUT2D eigenvalue weighted by Gasteiger charge is 2.21. The number of hydrogen-bond donors (Lipinski definition) is 1. The Bertz CT molecular complexity index is 340. The predicted molar refractivity (Wildman–Crippen MR) is 62.7 cm³/mol. The molecule has 1 unspecified atom stereocenters. The minimum absolute atomic E-state index is 0.326. The zero-order valence-corrected chi connectivity index (χ0v) is 10.6. The van der Waals surface area contributed by atoms with Crippen LogP contribution >= 0.6 is 0 Å². The van der Waals surface area contributed by atoms with Crippen LogP contribution in [0.1, 0.15) is 32.6 Å². The highest BCUT2D eigenvalue weighted by Crippen LogP contribution is 2.15. The van der Waals surface area contributed by atoms with E-state index >= 15 is 0 Å². The summed E-state index contributed by atoms with van der Waals surface area (Å²) in [6, 6.07) is 3.19. The van der Waals surface area contributed by atoms with E-state index in [1.54, 1.807) is 25.5 Å². The van der Waals surface area contributed by atoms with Crippen molar-refractivity contribution in [3.05, 3.63) is 24.2 Å². The summed E-state index contributed by atoms with van der Waals surface area (Å²) >= 11 is 0. The van der Waals surface area contributed by atoms with Gasteiger partial charge in [-0.15, -0.1) is 0 Å². The van der Waals surface area contributed by atoms with Gasteiger partial charge in [0, 0.05) is 7.11 Å². The van der Waals surface area contributed by atoms with Crippen molar-refractivity contribution in [2.45, 2.75) is 32.4 Å². The van der Waals surface area contributed by atoms with Crippen LogP contribution in [0.3, 0.4) is 0 Å². The number of carbonyl (C=O) groups excluding carboxylic acids is 1. The van der Waals surface area contributed by atoms with Gasteiger partial charge in [-0.05, 0) is 32.9 Å². The molecule has 0 saturated carbocycles. The van der Waals surface area contributed by atoms with E-state index in [-0.39, 0.29) is 6.04 Å². The first-order valence-corrected chi connectivity index (χ1v) is 5.44. The van der Waals surface area contributed by atoms with E-state index in [2.05, 4.69) is 5.32 Å². The molecule has 1 amide bonds. The zero-order chi connectivity index (χ0) is 12.9. The van der Waals surface area contributed by atoms with Crippen molar-refractivity contribution in [2.24, 2.45) is 0 Å². The molecule has 1 heterocycles. The van der Waals surface area contributed by atoms with Crippen molar-refractivity contribution >= 4 is 6.09 Å². The number of nitrogens with one attached hydrogen (secondary N) is 1. The van der Waals surface area contributed by atoms with Crippen LogP contribution in [0.25, 0.3) is 0 Å². The number of methoxy groups -OCH3 is 1. The minimum Gasteiger partial charge on any atom is -0.467 e. The Morgan fingerprint density at radius 1 is 1.53 bits per heavy atom. The van der Waals surface area contributed by atoms with E-state index in [9.17, 15) is 4.79 Å². The molecule has 96 valence electrons. The molecular formula is C12H19NO4. The number of ether oxygens (including phenoxy) is 2. The molecule has 0 saturated heterocycles. The molecule has 1 rings (SSSR count). The van der Waals surface area contributed by atoms with E-state index in [0.717, 1.165) is 0 Å². The van der Waals surface area contributed by atoms with Crippen LogP contribution in [-0.4, -0.2) is 25.4 Å². The van der Waals surface area contributed by atoms with E-state index in [0.29, 0.717) is 12.4 Å². The summed E-state index contributed by atoms with van der Waals surface area (Å²) in [5, 5.41) is 2.70. The molecule has 0 bridgehead atoms. The Morgan fingerprint density at radius 2 is 2.24 bits per heavy atom. The second-order valence-corrected chi connectivity index (χ2v) is 4.67. The van der Waals surface area contributed by atoms with Gasteiger partial charge >= 0.3 is 6.09 Å². The van der Waals surface area contributed by atoms with Crippen LogP contribution in [0.5, 0.6) is 0 Å². The highest BCUT2D eigenvalue weighted by atomic mass is 16.6. The van der Waals surface area contributed by atoms with Gasteiger partial charge in [-0.25, -0.2) is 4.79 Å². The summed E-state index contributed by atoms with van der Waals surface area (Å²) < 4.78 is 15.4. The summed E-state index contributed by atoms with van der Waals surface area (Å²) in [5.74, 6) is 0.637. The summed E-state index contributed by atoms with van der Waals surface area (Å²) in [4.78, 5) is 11.6. The summed E-state index contributed by atoms with van der Waals surface area (Å²) in [5.41, 5.74) is -0.523. The first-order valence-electron chi connectivity index (χ1n) is 5.44. The number of alkyl carbamates (subject to hydrolysis) is 1. The minimum atomic E-state index is -0.523. The van der Waals surface area contributed by atoms with Gasteiger partial charge in [0.1, 0.15) is 17.4 Å². The van der Waals surface area contributed by atoms with Gasteiger partial charge in [0.05, 0.1) is 12.9 Å². The van der Waals surface area contributed by atoms with Crippen molar-refractivity contribution in [1.82, 2.24) is 5.32 Å². The second kappa shape index (κ2) is 5.72. The monoisotopic (exact) mass is 241 g/mol. The largest absolute Gasteiger partial charge is 0.467 e. The maximum atomic E-state index is 11.6. The fourth-order valence-corrected chi connectivity index (χ4v) is 1.30. The van der Waals surface area contributed by atoms with E-state index in [1.807, 2.05) is 20.8 Å². The second-order valence-electron chi connectivity index (χ2n) is 4.67. The van der Waals surface area contributed by atoms with Gasteiger partial charge in [0.15, 0.2) is 0 Å². The van der Waals surface area contributed by atoms with E-state index in [4.69, 9.17) is 13.9 Å². The third kappa shape index (κ3) is 4.91. The molecule has 0 spiro atoms. The number of furan rings is 1. The van der Waals surface area contributed by atoms with Crippen LogP contribution in [0.2, 0.25) is 0 Å². The Kier molecular flexibility index (Phi) is 4.57. The molecule has 0 radical (unpaired) electrons. The van der Waals surface area contributed by atoms with Gasteiger partial charge < -0.3 is 19.2 Å². The molecule has 0 aliphatic rings. The van der Waals surface area contributed by atoms with Gasteiger partial charge in [-0.1, -0.05) is 0 Å². The molecule has 0 aromatic carbocycles. The van der Waals surface area contributed by atoms with E-state index < -0.39 is 11.7 Å². The Balaban J connectivity index is 2.59. The van der Waals surface area contributed by atoms with Crippen LogP contribution in [0, 0.1) is 0 Å². The van der Waals surface area contributed by atoms with Gasteiger partial charge in [-0.2, -0.15) is 0 Å². The smallest absolute Gasteiger partial charge is 0.408 e. The standard InChI is InChI=1S/C12H19NO4/c1-12(2,3)17-11(14)13-9(8-15-4)10-6-5-7-16-10/h5-7,9H,8H2,1-4H3,(H,13,14).